The molecule has 0 atom stereocenters. The molecule has 0 aromatic heterocycles. The minimum Gasteiger partial charge on any atom is -0.494 e. The summed E-state index contributed by atoms with van der Waals surface area (Å²) in [6.07, 6.45) is 1.02. The number of nitrogens with zero attached hydrogens (tertiary/aromatic N) is 1. The van der Waals surface area contributed by atoms with Crippen LogP contribution in [0, 0.1) is 0 Å². The van der Waals surface area contributed by atoms with Gasteiger partial charge in [-0.3, -0.25) is 4.79 Å². The molecule has 1 aliphatic rings. The zero-order chi connectivity index (χ0) is 11.5. The zero-order valence-electron chi connectivity index (χ0n) is 9.62. The predicted molar refractivity (Wildman–Crippen MR) is 64.1 cm³/mol. The number of hydrogen-bond acceptors (Lipinski definition) is 3. The van der Waals surface area contributed by atoms with Crippen molar-refractivity contribution in [1.82, 2.24) is 0 Å². The highest BCUT2D eigenvalue weighted by Crippen LogP contribution is 2.37. The normalized spacial score (nSPS) is 14.4. The number of carbonyl (C=O) groups excluding carboxylic acids is 1. The minimum absolute atomic E-state index is 0.0189. The lowest BCUT2D eigenvalue weighted by Gasteiger charge is -2.31. The molecule has 0 unspecified atom stereocenters. The van der Waals surface area contributed by atoms with Gasteiger partial charge in [0.15, 0.2) is 0 Å². The van der Waals surface area contributed by atoms with Gasteiger partial charge in [-0.1, -0.05) is 13.0 Å². The molecule has 4 heteroatoms. The monoisotopic (exact) mass is 220 g/mol. The zero-order valence-corrected chi connectivity index (χ0v) is 9.62. The number of fused-ring (bicyclic) bond motifs is 1. The second-order valence-corrected chi connectivity index (χ2v) is 3.82. The quantitative estimate of drug-likeness (QED) is 0.845. The Hall–Kier alpha value is -1.71. The molecule has 0 bridgehead atoms. The first-order valence-corrected chi connectivity index (χ1v) is 5.48. The van der Waals surface area contributed by atoms with Crippen LogP contribution in [0.5, 0.6) is 5.75 Å². The number of amides is 1. The van der Waals surface area contributed by atoms with Gasteiger partial charge in [0.2, 0.25) is 5.91 Å². The van der Waals surface area contributed by atoms with Gasteiger partial charge in [-0.15, -0.1) is 0 Å². The summed E-state index contributed by atoms with van der Waals surface area (Å²) in [5, 5.41) is 2.86. The van der Waals surface area contributed by atoms with Gasteiger partial charge in [-0.2, -0.15) is 0 Å². The van der Waals surface area contributed by atoms with Gasteiger partial charge < -0.3 is 15.0 Å². The fourth-order valence-corrected chi connectivity index (χ4v) is 1.99. The number of nitrogens with one attached hydrogen (secondary N) is 1. The van der Waals surface area contributed by atoms with E-state index in [9.17, 15) is 4.79 Å². The van der Waals surface area contributed by atoms with E-state index in [1.54, 1.807) is 7.11 Å². The van der Waals surface area contributed by atoms with E-state index >= 15 is 0 Å². The van der Waals surface area contributed by atoms with Crippen molar-refractivity contribution >= 4 is 17.3 Å². The number of benzene rings is 1. The van der Waals surface area contributed by atoms with Crippen molar-refractivity contribution in [2.24, 2.45) is 0 Å². The summed E-state index contributed by atoms with van der Waals surface area (Å²) in [5.74, 6) is 0.733. The van der Waals surface area contributed by atoms with Crippen LogP contribution in [0.25, 0.3) is 0 Å². The van der Waals surface area contributed by atoms with Gasteiger partial charge >= 0.3 is 0 Å². The molecule has 1 aromatic rings. The molecule has 0 radical (unpaired) electrons. The maximum absolute atomic E-state index is 11.6. The summed E-state index contributed by atoms with van der Waals surface area (Å²) < 4.78 is 5.25. The van der Waals surface area contributed by atoms with E-state index in [2.05, 4.69) is 17.1 Å². The van der Waals surface area contributed by atoms with E-state index in [-0.39, 0.29) is 5.91 Å². The van der Waals surface area contributed by atoms with Gasteiger partial charge in [-0.05, 0) is 18.6 Å². The molecule has 1 aromatic carbocycles. The van der Waals surface area contributed by atoms with Crippen LogP contribution in [-0.2, 0) is 4.79 Å². The van der Waals surface area contributed by atoms with Crippen molar-refractivity contribution in [1.29, 1.82) is 0 Å². The Bertz CT molecular complexity index is 404. The first-order valence-electron chi connectivity index (χ1n) is 5.48. The van der Waals surface area contributed by atoms with Crippen LogP contribution in [0.4, 0.5) is 11.4 Å². The third-order valence-corrected chi connectivity index (χ3v) is 2.66. The highest BCUT2D eigenvalue weighted by atomic mass is 16.5. The van der Waals surface area contributed by atoms with E-state index in [0.29, 0.717) is 12.3 Å². The Balaban J connectivity index is 2.42. The molecule has 4 nitrogen and oxygen atoms in total. The molecule has 2 rings (SSSR count). The standard InChI is InChI=1S/C12H16N2O2/c1-3-7-14-8-11(15)13-12-9(14)5-4-6-10(12)16-2/h4-6H,3,7-8H2,1-2H3,(H,13,15). The number of ether oxygens (including phenoxy) is 1. The number of anilines is 2. The fraction of sp³-hybridized carbons (Fsp3) is 0.417. The Labute approximate surface area is 95.2 Å². The maximum atomic E-state index is 11.6. The van der Waals surface area contributed by atoms with Gasteiger partial charge in [-0.25, -0.2) is 0 Å². The number of rotatable bonds is 3. The summed E-state index contributed by atoms with van der Waals surface area (Å²) >= 11 is 0. The number of para-hydroxylation sites is 1. The molecule has 86 valence electrons. The lowest BCUT2D eigenvalue weighted by molar-refractivity contribution is -0.115. The summed E-state index contributed by atoms with van der Waals surface area (Å²) in [4.78, 5) is 13.7. The molecular formula is C12H16N2O2. The van der Waals surface area contributed by atoms with E-state index < -0.39 is 0 Å². The van der Waals surface area contributed by atoms with E-state index in [1.165, 1.54) is 0 Å². The molecule has 1 amide bonds. The Kier molecular flexibility index (Phi) is 2.99. The topological polar surface area (TPSA) is 41.6 Å². The summed E-state index contributed by atoms with van der Waals surface area (Å²) in [6.45, 7) is 3.41. The highest BCUT2D eigenvalue weighted by molar-refractivity contribution is 6.02. The Morgan fingerprint density at radius 1 is 1.50 bits per heavy atom. The molecule has 0 saturated heterocycles. The van der Waals surface area contributed by atoms with Crippen molar-refractivity contribution in [2.45, 2.75) is 13.3 Å². The van der Waals surface area contributed by atoms with E-state index in [1.807, 2.05) is 18.2 Å². The van der Waals surface area contributed by atoms with Crippen molar-refractivity contribution in [3.8, 4) is 5.75 Å². The van der Waals surface area contributed by atoms with Crippen LogP contribution in [0.15, 0.2) is 18.2 Å². The molecule has 16 heavy (non-hydrogen) atoms. The van der Waals surface area contributed by atoms with E-state index in [0.717, 1.165) is 24.3 Å². The van der Waals surface area contributed by atoms with Crippen LogP contribution >= 0.6 is 0 Å². The van der Waals surface area contributed by atoms with Crippen LogP contribution in [-0.4, -0.2) is 26.1 Å². The smallest absolute Gasteiger partial charge is 0.244 e. The molecular weight excluding hydrogens is 204 g/mol. The third kappa shape index (κ3) is 1.83. The molecule has 1 aliphatic heterocycles. The Morgan fingerprint density at radius 3 is 3.00 bits per heavy atom. The van der Waals surface area contributed by atoms with Gasteiger partial charge in [0.05, 0.1) is 19.3 Å². The van der Waals surface area contributed by atoms with Gasteiger partial charge in [0, 0.05) is 6.54 Å². The van der Waals surface area contributed by atoms with E-state index in [4.69, 9.17) is 4.74 Å². The minimum atomic E-state index is 0.0189. The number of methoxy groups -OCH3 is 1. The average molecular weight is 220 g/mol. The largest absolute Gasteiger partial charge is 0.494 e. The second-order valence-electron chi connectivity index (χ2n) is 3.82. The molecule has 0 fully saturated rings. The first kappa shape index (κ1) is 10.8. The van der Waals surface area contributed by atoms with Crippen LogP contribution in [0.2, 0.25) is 0 Å². The first-order chi connectivity index (χ1) is 7.76. The highest BCUT2D eigenvalue weighted by Gasteiger charge is 2.23. The lowest BCUT2D eigenvalue weighted by atomic mass is 10.1. The van der Waals surface area contributed by atoms with Crippen LogP contribution in [0.3, 0.4) is 0 Å². The summed E-state index contributed by atoms with van der Waals surface area (Å²) in [6, 6.07) is 5.80. The van der Waals surface area contributed by atoms with Crippen molar-refractivity contribution in [2.75, 3.05) is 30.4 Å². The molecule has 0 saturated carbocycles. The van der Waals surface area contributed by atoms with Gasteiger partial charge in [0.1, 0.15) is 11.4 Å². The average Bonchev–Trinajstić information content (AvgIpc) is 2.28. The molecule has 0 aliphatic carbocycles. The maximum Gasteiger partial charge on any atom is 0.244 e. The number of hydrogen-bond donors (Lipinski definition) is 1. The molecule has 1 heterocycles. The number of carbonyl (C=O) groups is 1. The molecule has 0 spiro atoms. The third-order valence-electron chi connectivity index (χ3n) is 2.66. The van der Waals surface area contributed by atoms with Crippen molar-refractivity contribution in [3.63, 3.8) is 0 Å². The predicted octanol–water partition coefficient (Wildman–Crippen LogP) is 1.86. The van der Waals surface area contributed by atoms with Crippen molar-refractivity contribution < 1.29 is 9.53 Å². The van der Waals surface area contributed by atoms with Crippen LogP contribution < -0.4 is 15.0 Å². The van der Waals surface area contributed by atoms with Gasteiger partial charge in [0.25, 0.3) is 0 Å². The fourth-order valence-electron chi connectivity index (χ4n) is 1.99. The second kappa shape index (κ2) is 4.43. The summed E-state index contributed by atoms with van der Waals surface area (Å²) in [5.41, 5.74) is 1.83. The van der Waals surface area contributed by atoms with Crippen molar-refractivity contribution in [3.05, 3.63) is 18.2 Å². The lowest BCUT2D eigenvalue weighted by Crippen LogP contribution is -2.38. The van der Waals surface area contributed by atoms with Crippen LogP contribution in [0.1, 0.15) is 13.3 Å². The SMILES string of the molecule is CCCN1CC(=O)Nc2c(OC)cccc21. The Morgan fingerprint density at radius 2 is 2.31 bits per heavy atom. The molecule has 1 N–H and O–H groups in total. The summed E-state index contributed by atoms with van der Waals surface area (Å²) in [7, 11) is 1.61.